The van der Waals surface area contributed by atoms with E-state index in [0.717, 1.165) is 18.6 Å². The molecule has 0 unspecified atom stereocenters. The molecule has 4 nitrogen and oxygen atoms in total. The summed E-state index contributed by atoms with van der Waals surface area (Å²) in [6.07, 6.45) is 4.14. The van der Waals surface area contributed by atoms with Gasteiger partial charge in [0.1, 0.15) is 6.54 Å². The lowest BCUT2D eigenvalue weighted by atomic mass is 10.2. The number of likely N-dealkylation sites (tertiary alicyclic amines) is 1. The Labute approximate surface area is 136 Å². The molecule has 1 aromatic heterocycles. The van der Waals surface area contributed by atoms with Crippen LogP contribution >= 0.6 is 11.8 Å². The van der Waals surface area contributed by atoms with Crippen molar-refractivity contribution in [2.75, 3.05) is 33.4 Å². The Balaban J connectivity index is 1.72. The molecule has 0 bridgehead atoms. The average molecular weight is 317 g/mol. The third-order valence-corrected chi connectivity index (χ3v) is 5.61. The number of nitrogens with zero attached hydrogens (tertiary/aromatic N) is 3. The summed E-state index contributed by atoms with van der Waals surface area (Å²) in [5.74, 6) is 0.213. The first-order valence-corrected chi connectivity index (χ1v) is 8.90. The number of hydrogen-bond acceptors (Lipinski definition) is 3. The summed E-state index contributed by atoms with van der Waals surface area (Å²) in [5, 5.41) is 1.69. The Morgan fingerprint density at radius 3 is 2.73 bits per heavy atom. The Bertz CT molecular complexity index is 667. The van der Waals surface area contributed by atoms with Crippen LogP contribution in [0.25, 0.3) is 10.9 Å². The Hall–Kier alpha value is -1.46. The average Bonchev–Trinajstić information content (AvgIpc) is 3.12. The standard InChI is InChI=1S/C17H23N3OS/c1-18(2)15-10-20(11-16(15)22-3)17(21)12-19-9-8-13-6-4-5-7-14(13)19/h4-9,15-16H,10-12H2,1-3H3/t15-,16-/m0/s1. The number of benzene rings is 1. The van der Waals surface area contributed by atoms with Gasteiger partial charge >= 0.3 is 0 Å². The number of thioether (sulfide) groups is 1. The van der Waals surface area contributed by atoms with Gasteiger partial charge in [-0.15, -0.1) is 0 Å². The molecule has 2 atom stereocenters. The minimum atomic E-state index is 0.213. The molecule has 1 aromatic carbocycles. The second-order valence-corrected chi connectivity index (χ2v) is 7.18. The molecule has 0 N–H and O–H groups in total. The van der Waals surface area contributed by atoms with Crippen LogP contribution in [0.5, 0.6) is 0 Å². The highest BCUT2D eigenvalue weighted by Gasteiger charge is 2.35. The summed E-state index contributed by atoms with van der Waals surface area (Å²) >= 11 is 1.86. The molecular formula is C17H23N3OS. The zero-order chi connectivity index (χ0) is 15.7. The largest absolute Gasteiger partial charge is 0.338 e. The summed E-state index contributed by atoms with van der Waals surface area (Å²) in [6.45, 7) is 2.10. The zero-order valence-corrected chi connectivity index (χ0v) is 14.2. The predicted octanol–water partition coefficient (Wildman–Crippen LogP) is 2.15. The van der Waals surface area contributed by atoms with Gasteiger partial charge in [-0.3, -0.25) is 4.79 Å². The van der Waals surface area contributed by atoms with Crippen LogP contribution in [0.1, 0.15) is 0 Å². The van der Waals surface area contributed by atoms with Crippen molar-refractivity contribution in [2.45, 2.75) is 17.8 Å². The van der Waals surface area contributed by atoms with Crippen molar-refractivity contribution in [3.05, 3.63) is 36.5 Å². The van der Waals surface area contributed by atoms with Crippen molar-refractivity contribution >= 4 is 28.6 Å². The lowest BCUT2D eigenvalue weighted by Crippen LogP contribution is -2.37. The van der Waals surface area contributed by atoms with Gasteiger partial charge < -0.3 is 14.4 Å². The molecule has 22 heavy (non-hydrogen) atoms. The molecule has 0 saturated carbocycles. The second kappa shape index (κ2) is 6.34. The van der Waals surface area contributed by atoms with Gasteiger partial charge in [0.15, 0.2) is 0 Å². The van der Waals surface area contributed by atoms with Crippen molar-refractivity contribution in [3.63, 3.8) is 0 Å². The molecule has 5 heteroatoms. The third-order valence-electron chi connectivity index (χ3n) is 4.54. The van der Waals surface area contributed by atoms with Gasteiger partial charge in [-0.05, 0) is 37.9 Å². The zero-order valence-electron chi connectivity index (χ0n) is 13.4. The van der Waals surface area contributed by atoms with Crippen LogP contribution in [-0.4, -0.2) is 65.0 Å². The number of hydrogen-bond donors (Lipinski definition) is 0. The molecule has 0 radical (unpaired) electrons. The van der Waals surface area contributed by atoms with Gasteiger partial charge in [0.05, 0.1) is 0 Å². The maximum atomic E-state index is 12.7. The van der Waals surface area contributed by atoms with Crippen LogP contribution in [0.15, 0.2) is 36.5 Å². The van der Waals surface area contributed by atoms with Gasteiger partial charge in [-0.1, -0.05) is 18.2 Å². The third kappa shape index (κ3) is 2.88. The fraction of sp³-hybridized carbons (Fsp3) is 0.471. The first-order valence-electron chi connectivity index (χ1n) is 7.61. The van der Waals surface area contributed by atoms with Crippen molar-refractivity contribution in [2.24, 2.45) is 0 Å². The Kier molecular flexibility index (Phi) is 4.45. The summed E-state index contributed by atoms with van der Waals surface area (Å²) < 4.78 is 2.05. The minimum Gasteiger partial charge on any atom is -0.338 e. The van der Waals surface area contributed by atoms with E-state index in [1.54, 1.807) is 0 Å². The lowest BCUT2D eigenvalue weighted by Gasteiger charge is -2.23. The van der Waals surface area contributed by atoms with E-state index >= 15 is 0 Å². The first kappa shape index (κ1) is 15.4. The molecule has 1 amide bonds. The SMILES string of the molecule is CS[C@H]1CN(C(=O)Cn2ccc3ccccc32)C[C@@H]1N(C)C. The Morgan fingerprint density at radius 1 is 1.27 bits per heavy atom. The topological polar surface area (TPSA) is 28.5 Å². The highest BCUT2D eigenvalue weighted by atomic mass is 32.2. The van der Waals surface area contributed by atoms with Crippen LogP contribution in [-0.2, 0) is 11.3 Å². The quantitative estimate of drug-likeness (QED) is 0.865. The molecule has 0 aliphatic carbocycles. The fourth-order valence-electron chi connectivity index (χ4n) is 3.21. The monoisotopic (exact) mass is 317 g/mol. The predicted molar refractivity (Wildman–Crippen MR) is 93.3 cm³/mol. The summed E-state index contributed by atoms with van der Waals surface area (Å²) in [6, 6.07) is 10.7. The molecule has 2 aromatic rings. The van der Waals surface area contributed by atoms with E-state index in [1.807, 2.05) is 35.0 Å². The van der Waals surface area contributed by atoms with Crippen LogP contribution < -0.4 is 0 Å². The molecule has 1 fully saturated rings. The molecule has 2 heterocycles. The molecule has 3 rings (SSSR count). The molecule has 118 valence electrons. The van der Waals surface area contributed by atoms with E-state index in [0.29, 0.717) is 17.8 Å². The number of carbonyl (C=O) groups is 1. The fourth-order valence-corrected chi connectivity index (χ4v) is 4.18. The highest BCUT2D eigenvalue weighted by Crippen LogP contribution is 2.24. The smallest absolute Gasteiger partial charge is 0.242 e. The first-order chi connectivity index (χ1) is 10.6. The number of carbonyl (C=O) groups excluding carboxylic acids is 1. The molecule has 1 aliphatic rings. The van der Waals surface area contributed by atoms with E-state index in [4.69, 9.17) is 0 Å². The molecule has 1 aliphatic heterocycles. The molecule has 0 spiro atoms. The van der Waals surface area contributed by atoms with E-state index in [2.05, 4.69) is 48.0 Å². The van der Waals surface area contributed by atoms with E-state index in [1.165, 1.54) is 5.39 Å². The van der Waals surface area contributed by atoms with Crippen molar-refractivity contribution in [1.82, 2.24) is 14.4 Å². The maximum absolute atomic E-state index is 12.7. The molecule has 1 saturated heterocycles. The summed E-state index contributed by atoms with van der Waals surface area (Å²) in [5.41, 5.74) is 1.13. The maximum Gasteiger partial charge on any atom is 0.242 e. The van der Waals surface area contributed by atoms with Crippen molar-refractivity contribution in [1.29, 1.82) is 0 Å². The number of aromatic nitrogens is 1. The van der Waals surface area contributed by atoms with Crippen LogP contribution in [0, 0.1) is 0 Å². The van der Waals surface area contributed by atoms with E-state index in [9.17, 15) is 4.79 Å². The van der Waals surface area contributed by atoms with E-state index in [-0.39, 0.29) is 5.91 Å². The van der Waals surface area contributed by atoms with Crippen molar-refractivity contribution < 1.29 is 4.79 Å². The number of likely N-dealkylation sites (N-methyl/N-ethyl adjacent to an activating group) is 1. The number of fused-ring (bicyclic) bond motifs is 1. The number of rotatable bonds is 4. The van der Waals surface area contributed by atoms with Crippen LogP contribution in [0.2, 0.25) is 0 Å². The van der Waals surface area contributed by atoms with Gasteiger partial charge in [0.25, 0.3) is 0 Å². The molecular weight excluding hydrogens is 294 g/mol. The van der Waals surface area contributed by atoms with Crippen LogP contribution in [0.4, 0.5) is 0 Å². The number of para-hydroxylation sites is 1. The van der Waals surface area contributed by atoms with Gasteiger partial charge in [-0.25, -0.2) is 0 Å². The minimum absolute atomic E-state index is 0.213. The number of amides is 1. The van der Waals surface area contributed by atoms with Gasteiger partial charge in [0, 0.05) is 36.1 Å². The highest BCUT2D eigenvalue weighted by molar-refractivity contribution is 7.99. The van der Waals surface area contributed by atoms with Gasteiger partial charge in [-0.2, -0.15) is 11.8 Å². The second-order valence-electron chi connectivity index (χ2n) is 6.11. The van der Waals surface area contributed by atoms with E-state index < -0.39 is 0 Å². The normalized spacial score (nSPS) is 21.9. The summed E-state index contributed by atoms with van der Waals surface area (Å²) in [7, 11) is 4.20. The summed E-state index contributed by atoms with van der Waals surface area (Å²) in [4.78, 5) is 16.9. The lowest BCUT2D eigenvalue weighted by molar-refractivity contribution is -0.130. The van der Waals surface area contributed by atoms with Crippen LogP contribution in [0.3, 0.4) is 0 Å². The Morgan fingerprint density at radius 2 is 2.05 bits per heavy atom. The van der Waals surface area contributed by atoms with Crippen molar-refractivity contribution in [3.8, 4) is 0 Å². The van der Waals surface area contributed by atoms with Gasteiger partial charge in [0.2, 0.25) is 5.91 Å².